The van der Waals surface area contributed by atoms with E-state index < -0.39 is 0 Å². The predicted octanol–water partition coefficient (Wildman–Crippen LogP) is 5.12. The summed E-state index contributed by atoms with van der Waals surface area (Å²) in [6.07, 6.45) is 2.31. The number of para-hydroxylation sites is 1. The second-order valence-corrected chi connectivity index (χ2v) is 5.19. The number of hydrogen-bond acceptors (Lipinski definition) is 1. The van der Waals surface area contributed by atoms with Crippen LogP contribution >= 0.6 is 0 Å². The molecule has 2 aromatic carbocycles. The molecule has 0 aliphatic carbocycles. The van der Waals surface area contributed by atoms with Crippen LogP contribution in [0.15, 0.2) is 48.5 Å². The van der Waals surface area contributed by atoms with Crippen molar-refractivity contribution in [2.75, 3.05) is 5.32 Å². The van der Waals surface area contributed by atoms with Gasteiger partial charge in [0, 0.05) is 11.7 Å². The minimum atomic E-state index is 0.331. The van der Waals surface area contributed by atoms with Crippen molar-refractivity contribution in [3.8, 4) is 0 Å². The van der Waals surface area contributed by atoms with Crippen molar-refractivity contribution in [3.05, 3.63) is 65.2 Å². The molecule has 0 spiro atoms. The third-order valence-electron chi connectivity index (χ3n) is 3.45. The second kappa shape index (κ2) is 6.42. The van der Waals surface area contributed by atoms with Crippen molar-refractivity contribution in [2.24, 2.45) is 0 Å². The molecule has 0 fully saturated rings. The molecule has 0 radical (unpaired) electrons. The summed E-state index contributed by atoms with van der Waals surface area (Å²) in [5, 5.41) is 3.64. The average Bonchev–Trinajstić information content (AvgIpc) is 2.41. The van der Waals surface area contributed by atoms with Gasteiger partial charge in [0.15, 0.2) is 0 Å². The van der Waals surface area contributed by atoms with Crippen molar-refractivity contribution in [1.82, 2.24) is 0 Å². The molecule has 0 aliphatic heterocycles. The molecule has 0 aromatic heterocycles. The van der Waals surface area contributed by atoms with Crippen LogP contribution in [-0.2, 0) is 6.42 Å². The van der Waals surface area contributed by atoms with Gasteiger partial charge in [-0.25, -0.2) is 0 Å². The van der Waals surface area contributed by atoms with Gasteiger partial charge in [0.25, 0.3) is 0 Å². The Morgan fingerprint density at radius 2 is 1.84 bits per heavy atom. The van der Waals surface area contributed by atoms with Crippen LogP contribution in [0.2, 0.25) is 0 Å². The van der Waals surface area contributed by atoms with Crippen molar-refractivity contribution in [2.45, 2.75) is 39.7 Å². The molecule has 0 amide bonds. The summed E-state index contributed by atoms with van der Waals surface area (Å²) >= 11 is 0. The minimum Gasteiger partial charge on any atom is -0.378 e. The number of aryl methyl sites for hydroxylation is 2. The largest absolute Gasteiger partial charge is 0.378 e. The van der Waals surface area contributed by atoms with E-state index in [0.717, 1.165) is 6.42 Å². The van der Waals surface area contributed by atoms with E-state index in [1.54, 1.807) is 0 Å². The molecule has 0 bridgehead atoms. The Bertz CT molecular complexity index is 531. The van der Waals surface area contributed by atoms with Gasteiger partial charge in [-0.15, -0.1) is 0 Å². The Hall–Kier alpha value is -1.76. The predicted molar refractivity (Wildman–Crippen MR) is 83.7 cm³/mol. The first-order chi connectivity index (χ1) is 9.20. The Kier molecular flexibility index (Phi) is 4.62. The first kappa shape index (κ1) is 13.7. The van der Waals surface area contributed by atoms with E-state index in [2.05, 4.69) is 74.6 Å². The molecule has 0 saturated heterocycles. The molecular formula is C18H23N. The highest BCUT2D eigenvalue weighted by atomic mass is 14.9. The third-order valence-corrected chi connectivity index (χ3v) is 3.45. The molecule has 1 atom stereocenters. The van der Waals surface area contributed by atoms with Gasteiger partial charge in [0.05, 0.1) is 0 Å². The molecule has 1 nitrogen and oxygen atoms in total. The standard InChI is InChI=1S/C18H23N/c1-4-8-16-10-5-6-12-18(16)19-15(3)17-11-7-9-14(2)13-17/h5-7,9-13,15,19H,4,8H2,1-3H3. The summed E-state index contributed by atoms with van der Waals surface area (Å²) in [7, 11) is 0. The zero-order valence-electron chi connectivity index (χ0n) is 12.1. The summed E-state index contributed by atoms with van der Waals surface area (Å²) in [5.74, 6) is 0. The molecule has 0 saturated carbocycles. The van der Waals surface area contributed by atoms with Crippen LogP contribution in [-0.4, -0.2) is 0 Å². The zero-order chi connectivity index (χ0) is 13.7. The molecule has 0 heterocycles. The third kappa shape index (κ3) is 3.60. The van der Waals surface area contributed by atoms with Gasteiger partial charge < -0.3 is 5.32 Å². The molecule has 19 heavy (non-hydrogen) atoms. The van der Waals surface area contributed by atoms with Crippen molar-refractivity contribution in [3.63, 3.8) is 0 Å². The summed E-state index contributed by atoms with van der Waals surface area (Å²) in [6.45, 7) is 6.58. The lowest BCUT2D eigenvalue weighted by Gasteiger charge is -2.19. The normalized spacial score (nSPS) is 12.2. The fourth-order valence-corrected chi connectivity index (χ4v) is 2.40. The fraction of sp³-hybridized carbons (Fsp3) is 0.333. The van der Waals surface area contributed by atoms with E-state index in [0.29, 0.717) is 6.04 Å². The molecule has 2 aromatic rings. The summed E-state index contributed by atoms with van der Waals surface area (Å²) in [6, 6.07) is 17.7. The number of rotatable bonds is 5. The maximum atomic E-state index is 3.64. The molecule has 1 heteroatoms. The Morgan fingerprint density at radius 3 is 2.58 bits per heavy atom. The first-order valence-electron chi connectivity index (χ1n) is 7.11. The van der Waals surface area contributed by atoms with E-state index >= 15 is 0 Å². The van der Waals surface area contributed by atoms with Crippen LogP contribution in [0.1, 0.15) is 43.0 Å². The summed E-state index contributed by atoms with van der Waals surface area (Å²) in [4.78, 5) is 0. The highest BCUT2D eigenvalue weighted by Gasteiger charge is 2.07. The highest BCUT2D eigenvalue weighted by Crippen LogP contribution is 2.23. The van der Waals surface area contributed by atoms with Crippen molar-refractivity contribution < 1.29 is 0 Å². The number of nitrogens with one attached hydrogen (secondary N) is 1. The first-order valence-corrected chi connectivity index (χ1v) is 7.11. The van der Waals surface area contributed by atoms with Crippen molar-refractivity contribution in [1.29, 1.82) is 0 Å². The van der Waals surface area contributed by atoms with Gasteiger partial charge in [-0.05, 0) is 37.5 Å². The van der Waals surface area contributed by atoms with E-state index in [4.69, 9.17) is 0 Å². The van der Waals surface area contributed by atoms with Crippen LogP contribution in [0.25, 0.3) is 0 Å². The maximum Gasteiger partial charge on any atom is 0.0485 e. The Morgan fingerprint density at radius 1 is 1.05 bits per heavy atom. The number of anilines is 1. The van der Waals surface area contributed by atoms with Gasteiger partial charge >= 0.3 is 0 Å². The second-order valence-electron chi connectivity index (χ2n) is 5.19. The smallest absolute Gasteiger partial charge is 0.0485 e. The molecular weight excluding hydrogens is 230 g/mol. The molecule has 2 rings (SSSR count). The van der Waals surface area contributed by atoms with Crippen LogP contribution in [0, 0.1) is 6.92 Å². The quantitative estimate of drug-likeness (QED) is 0.779. The van der Waals surface area contributed by atoms with Crippen LogP contribution < -0.4 is 5.32 Å². The summed E-state index contributed by atoms with van der Waals surface area (Å²) in [5.41, 5.74) is 5.32. The van der Waals surface area contributed by atoms with Gasteiger partial charge in [-0.2, -0.15) is 0 Å². The van der Waals surface area contributed by atoms with E-state index in [1.165, 1.54) is 28.8 Å². The van der Waals surface area contributed by atoms with E-state index in [9.17, 15) is 0 Å². The van der Waals surface area contributed by atoms with Gasteiger partial charge in [-0.1, -0.05) is 61.4 Å². The van der Waals surface area contributed by atoms with Gasteiger partial charge in [-0.3, -0.25) is 0 Å². The maximum absolute atomic E-state index is 3.64. The Balaban J connectivity index is 2.16. The fourth-order valence-electron chi connectivity index (χ4n) is 2.40. The number of benzene rings is 2. The van der Waals surface area contributed by atoms with Crippen LogP contribution in [0.5, 0.6) is 0 Å². The lowest BCUT2D eigenvalue weighted by atomic mass is 10.0. The summed E-state index contributed by atoms with van der Waals surface area (Å²) < 4.78 is 0. The van der Waals surface area contributed by atoms with Crippen LogP contribution in [0.4, 0.5) is 5.69 Å². The van der Waals surface area contributed by atoms with E-state index in [1.807, 2.05) is 0 Å². The lowest BCUT2D eigenvalue weighted by molar-refractivity contribution is 0.866. The zero-order valence-corrected chi connectivity index (χ0v) is 12.1. The van der Waals surface area contributed by atoms with Gasteiger partial charge in [0.1, 0.15) is 0 Å². The van der Waals surface area contributed by atoms with E-state index in [-0.39, 0.29) is 0 Å². The topological polar surface area (TPSA) is 12.0 Å². The molecule has 0 aliphatic rings. The van der Waals surface area contributed by atoms with Crippen molar-refractivity contribution >= 4 is 5.69 Å². The number of hydrogen-bond donors (Lipinski definition) is 1. The monoisotopic (exact) mass is 253 g/mol. The molecule has 1 unspecified atom stereocenters. The van der Waals surface area contributed by atoms with Gasteiger partial charge in [0.2, 0.25) is 0 Å². The lowest BCUT2D eigenvalue weighted by Crippen LogP contribution is -2.08. The SMILES string of the molecule is CCCc1ccccc1NC(C)c1cccc(C)c1. The molecule has 1 N–H and O–H groups in total. The molecule has 100 valence electrons. The minimum absolute atomic E-state index is 0.331. The Labute approximate surface area is 116 Å². The highest BCUT2D eigenvalue weighted by molar-refractivity contribution is 5.52. The average molecular weight is 253 g/mol. The van der Waals surface area contributed by atoms with Crippen LogP contribution in [0.3, 0.4) is 0 Å².